The van der Waals surface area contributed by atoms with E-state index in [1.807, 2.05) is 24.3 Å². The van der Waals surface area contributed by atoms with Gasteiger partial charge in [0.2, 0.25) is 5.91 Å². The third kappa shape index (κ3) is 8.23. The van der Waals surface area contributed by atoms with Crippen molar-refractivity contribution in [2.75, 3.05) is 45.8 Å². The number of anilines is 1. The zero-order chi connectivity index (χ0) is 30.6. The fourth-order valence-corrected chi connectivity index (χ4v) is 4.80. The number of nitrogens with two attached hydrogens (primary N) is 1. The fourth-order valence-electron chi connectivity index (χ4n) is 4.80. The molecule has 228 valence electrons. The smallest absolute Gasteiger partial charge is 0.255 e. The SMILES string of the molecule is COCCc1nc2c(N)nc3ccccc3c2n1CCOCCNC(=O)CCCCCNC(=O)c1ccc(N=N)cc1O. The Balaban J connectivity index is 1.14. The number of ether oxygens (including phenoxy) is 2. The summed E-state index contributed by atoms with van der Waals surface area (Å²) in [6, 6.07) is 12.0. The van der Waals surface area contributed by atoms with Gasteiger partial charge in [0.1, 0.15) is 17.1 Å². The van der Waals surface area contributed by atoms with E-state index in [1.165, 1.54) is 18.2 Å². The van der Waals surface area contributed by atoms with Crippen LogP contribution in [0.25, 0.3) is 21.9 Å². The second-order valence-electron chi connectivity index (χ2n) is 9.98. The second-order valence-corrected chi connectivity index (χ2v) is 9.98. The summed E-state index contributed by atoms with van der Waals surface area (Å²) in [4.78, 5) is 33.7. The Morgan fingerprint density at radius 2 is 1.88 bits per heavy atom. The van der Waals surface area contributed by atoms with Gasteiger partial charge in [0.15, 0.2) is 5.82 Å². The highest BCUT2D eigenvalue weighted by atomic mass is 16.5. The molecule has 13 heteroatoms. The number of aromatic nitrogens is 3. The molecule has 0 saturated heterocycles. The van der Waals surface area contributed by atoms with Gasteiger partial charge in [0.25, 0.3) is 5.91 Å². The molecule has 0 radical (unpaired) electrons. The molecule has 0 saturated carbocycles. The highest BCUT2D eigenvalue weighted by molar-refractivity contribution is 6.06. The lowest BCUT2D eigenvalue weighted by molar-refractivity contribution is -0.121. The molecule has 2 aromatic heterocycles. The van der Waals surface area contributed by atoms with E-state index in [0.717, 1.165) is 28.7 Å². The number of carbonyl (C=O) groups excluding carboxylic acids is 2. The number of carbonyl (C=O) groups is 2. The highest BCUT2D eigenvalue weighted by Crippen LogP contribution is 2.29. The number of hydrogen-bond acceptors (Lipinski definition) is 10. The molecule has 0 aliphatic carbocycles. The van der Waals surface area contributed by atoms with Crippen LogP contribution in [0.3, 0.4) is 0 Å². The first kappa shape index (κ1) is 31.3. The van der Waals surface area contributed by atoms with E-state index in [-0.39, 0.29) is 22.9 Å². The molecule has 43 heavy (non-hydrogen) atoms. The van der Waals surface area contributed by atoms with Gasteiger partial charge in [-0.05, 0) is 31.0 Å². The van der Waals surface area contributed by atoms with Crippen molar-refractivity contribution in [2.24, 2.45) is 5.11 Å². The number of para-hydroxylation sites is 1. The summed E-state index contributed by atoms with van der Waals surface area (Å²) in [6.45, 7) is 2.75. The van der Waals surface area contributed by atoms with E-state index in [2.05, 4.69) is 25.3 Å². The number of amides is 2. The van der Waals surface area contributed by atoms with Gasteiger partial charge in [0, 0.05) is 51.0 Å². The van der Waals surface area contributed by atoms with Gasteiger partial charge in [-0.2, -0.15) is 5.11 Å². The molecule has 6 N–H and O–H groups in total. The van der Waals surface area contributed by atoms with Crippen LogP contribution in [0.5, 0.6) is 5.75 Å². The zero-order valence-electron chi connectivity index (χ0n) is 24.3. The topological polar surface area (TPSA) is 190 Å². The molecular formula is C30H38N8O5. The summed E-state index contributed by atoms with van der Waals surface area (Å²) in [6.07, 6.45) is 3.18. The van der Waals surface area contributed by atoms with Gasteiger partial charge >= 0.3 is 0 Å². The van der Waals surface area contributed by atoms with E-state index >= 15 is 0 Å². The Hall–Kier alpha value is -4.62. The Labute approximate surface area is 249 Å². The number of phenols is 1. The van der Waals surface area contributed by atoms with Gasteiger partial charge in [-0.1, -0.05) is 24.6 Å². The predicted octanol–water partition coefficient (Wildman–Crippen LogP) is 3.85. The van der Waals surface area contributed by atoms with E-state index in [1.54, 1.807) is 7.11 Å². The van der Waals surface area contributed by atoms with Gasteiger partial charge < -0.3 is 35.5 Å². The number of nitrogens with one attached hydrogen (secondary N) is 3. The lowest BCUT2D eigenvalue weighted by Crippen LogP contribution is -2.27. The average Bonchev–Trinajstić information content (AvgIpc) is 3.38. The van der Waals surface area contributed by atoms with E-state index in [4.69, 9.17) is 25.7 Å². The number of imidazole rings is 1. The van der Waals surface area contributed by atoms with E-state index < -0.39 is 5.91 Å². The number of methoxy groups -OCH3 is 1. The van der Waals surface area contributed by atoms with Crippen molar-refractivity contribution in [3.63, 3.8) is 0 Å². The lowest BCUT2D eigenvalue weighted by Gasteiger charge is -2.12. The van der Waals surface area contributed by atoms with Crippen LogP contribution in [0.2, 0.25) is 0 Å². The number of unbranched alkanes of at least 4 members (excludes halogenated alkanes) is 2. The van der Waals surface area contributed by atoms with Crippen molar-refractivity contribution in [3.05, 3.63) is 53.9 Å². The summed E-state index contributed by atoms with van der Waals surface area (Å²) in [7, 11) is 1.66. The van der Waals surface area contributed by atoms with Crippen molar-refractivity contribution < 1.29 is 24.2 Å². The van der Waals surface area contributed by atoms with Gasteiger partial charge in [-0.15, -0.1) is 0 Å². The average molecular weight is 591 g/mol. The number of aromatic hydroxyl groups is 1. The van der Waals surface area contributed by atoms with Gasteiger partial charge in [0.05, 0.1) is 42.1 Å². The minimum atomic E-state index is -0.395. The molecule has 13 nitrogen and oxygen atoms in total. The molecule has 0 aliphatic heterocycles. The number of fused-ring (bicyclic) bond motifs is 3. The van der Waals surface area contributed by atoms with Crippen LogP contribution in [0.15, 0.2) is 47.6 Å². The normalized spacial score (nSPS) is 11.2. The number of nitrogen functional groups attached to an aromatic ring is 1. The van der Waals surface area contributed by atoms with Crippen LogP contribution >= 0.6 is 0 Å². The largest absolute Gasteiger partial charge is 0.507 e. The Bertz CT molecular complexity index is 1570. The number of rotatable bonds is 17. The molecule has 2 heterocycles. The number of benzene rings is 2. The van der Waals surface area contributed by atoms with Crippen molar-refractivity contribution in [1.29, 1.82) is 5.53 Å². The standard InChI is InChI=1S/C30H38N8O5/c1-42-16-12-25-36-27-28(21-7-4-5-8-23(21)35-29(27)31)38(25)15-18-43-17-14-33-26(40)9-3-2-6-13-34-30(41)22-11-10-20(37-32)19-24(22)39/h4-5,7-8,10-11,19,32,39H,2-3,6,9,12-18H2,1H3,(H2,31,35)(H,33,40)(H,34,41). The molecule has 4 aromatic rings. The minimum absolute atomic E-state index is 0.0469. The molecule has 0 atom stereocenters. The predicted molar refractivity (Wildman–Crippen MR) is 163 cm³/mol. The van der Waals surface area contributed by atoms with Crippen LogP contribution in [0, 0.1) is 5.53 Å². The van der Waals surface area contributed by atoms with Crippen LogP contribution in [-0.2, 0) is 27.2 Å². The monoisotopic (exact) mass is 590 g/mol. The molecule has 0 fully saturated rings. The molecule has 2 amide bonds. The first-order chi connectivity index (χ1) is 20.9. The number of nitrogens with zero attached hydrogens (tertiary/aromatic N) is 4. The van der Waals surface area contributed by atoms with Crippen LogP contribution in [0.4, 0.5) is 11.5 Å². The minimum Gasteiger partial charge on any atom is -0.507 e. The van der Waals surface area contributed by atoms with Gasteiger partial charge in [-0.25, -0.2) is 15.5 Å². The molecule has 0 unspecified atom stereocenters. The fraction of sp³-hybridized carbons (Fsp3) is 0.400. The molecule has 2 aromatic carbocycles. The van der Waals surface area contributed by atoms with Gasteiger partial charge in [-0.3, -0.25) is 9.59 Å². The Morgan fingerprint density at radius 1 is 1.05 bits per heavy atom. The van der Waals surface area contributed by atoms with E-state index in [0.29, 0.717) is 76.5 Å². The van der Waals surface area contributed by atoms with Crippen LogP contribution < -0.4 is 16.4 Å². The number of hydrogen-bond donors (Lipinski definition) is 5. The van der Waals surface area contributed by atoms with Crippen molar-refractivity contribution >= 4 is 45.3 Å². The molecule has 4 rings (SSSR count). The van der Waals surface area contributed by atoms with Crippen molar-refractivity contribution in [3.8, 4) is 5.75 Å². The van der Waals surface area contributed by atoms with E-state index in [9.17, 15) is 14.7 Å². The van der Waals surface area contributed by atoms with Crippen molar-refractivity contribution in [2.45, 2.75) is 38.6 Å². The Kier molecular flexibility index (Phi) is 11.3. The molecular weight excluding hydrogens is 552 g/mol. The maximum atomic E-state index is 12.2. The second kappa shape index (κ2) is 15.6. The summed E-state index contributed by atoms with van der Waals surface area (Å²) in [5.41, 5.74) is 16.0. The highest BCUT2D eigenvalue weighted by Gasteiger charge is 2.17. The quantitative estimate of drug-likeness (QED) is 0.0905. The first-order valence-electron chi connectivity index (χ1n) is 14.3. The Morgan fingerprint density at radius 3 is 2.67 bits per heavy atom. The molecule has 0 bridgehead atoms. The maximum absolute atomic E-state index is 12.2. The summed E-state index contributed by atoms with van der Waals surface area (Å²) < 4.78 is 13.2. The zero-order valence-corrected chi connectivity index (χ0v) is 24.3. The maximum Gasteiger partial charge on any atom is 0.255 e. The summed E-state index contributed by atoms with van der Waals surface area (Å²) in [5.74, 6) is 0.587. The number of pyridine rings is 1. The third-order valence-corrected chi connectivity index (χ3v) is 6.97. The molecule has 0 spiro atoms. The van der Waals surface area contributed by atoms with Crippen LogP contribution in [0.1, 0.15) is 41.9 Å². The van der Waals surface area contributed by atoms with Crippen LogP contribution in [-0.4, -0.2) is 71.5 Å². The summed E-state index contributed by atoms with van der Waals surface area (Å²) >= 11 is 0. The summed E-state index contributed by atoms with van der Waals surface area (Å²) in [5, 5.41) is 19.7. The lowest BCUT2D eigenvalue weighted by atomic mass is 10.1. The molecule has 0 aliphatic rings. The van der Waals surface area contributed by atoms with Crippen molar-refractivity contribution in [1.82, 2.24) is 25.2 Å². The third-order valence-electron chi connectivity index (χ3n) is 6.97. The first-order valence-corrected chi connectivity index (χ1v) is 14.3. The number of phenolic OH excluding ortho intramolecular Hbond substituents is 1.